The molecule has 1 unspecified atom stereocenters. The zero-order valence-corrected chi connectivity index (χ0v) is 18.0. The van der Waals surface area contributed by atoms with E-state index in [2.05, 4.69) is 20.6 Å². The number of aromatic nitrogens is 2. The van der Waals surface area contributed by atoms with E-state index in [1.54, 1.807) is 25.1 Å². The van der Waals surface area contributed by atoms with Gasteiger partial charge in [0.2, 0.25) is 5.95 Å². The van der Waals surface area contributed by atoms with Gasteiger partial charge in [0.25, 0.3) is 5.91 Å². The van der Waals surface area contributed by atoms with E-state index < -0.39 is 16.0 Å². The van der Waals surface area contributed by atoms with Crippen LogP contribution >= 0.6 is 0 Å². The third-order valence-electron chi connectivity index (χ3n) is 4.42. The van der Waals surface area contributed by atoms with Gasteiger partial charge in [-0.25, -0.2) is 4.98 Å². The number of hydrogen-bond donors (Lipinski definition) is 3. The van der Waals surface area contributed by atoms with E-state index in [0.717, 1.165) is 0 Å². The summed E-state index contributed by atoms with van der Waals surface area (Å²) < 4.78 is 28.4. The summed E-state index contributed by atoms with van der Waals surface area (Å²) in [5.74, 6) is 0.457. The van der Waals surface area contributed by atoms with Gasteiger partial charge in [0.1, 0.15) is 11.6 Å². The lowest BCUT2D eigenvalue weighted by Gasteiger charge is -2.20. The fourth-order valence-electron chi connectivity index (χ4n) is 2.26. The van der Waals surface area contributed by atoms with Gasteiger partial charge >= 0.3 is 10.1 Å². The third kappa shape index (κ3) is 6.05. The number of primary amides is 1. The van der Waals surface area contributed by atoms with E-state index >= 15 is 0 Å². The van der Waals surface area contributed by atoms with Crippen molar-refractivity contribution in [1.29, 1.82) is 0 Å². The van der Waals surface area contributed by atoms with Crippen molar-refractivity contribution in [3.8, 4) is 5.75 Å². The molecule has 29 heavy (non-hydrogen) atoms. The number of nitrogens with one attached hydrogen (secondary N) is 2. The van der Waals surface area contributed by atoms with Crippen LogP contribution < -0.4 is 20.6 Å². The van der Waals surface area contributed by atoms with Crippen molar-refractivity contribution in [3.63, 3.8) is 0 Å². The van der Waals surface area contributed by atoms with Gasteiger partial charge in [-0.2, -0.15) is 13.4 Å². The summed E-state index contributed by atoms with van der Waals surface area (Å²) in [4.78, 5) is 20.2. The Morgan fingerprint density at radius 3 is 2.52 bits per heavy atom. The Hall–Kier alpha value is -2.88. The Labute approximate surface area is 171 Å². The van der Waals surface area contributed by atoms with Crippen LogP contribution in [0.3, 0.4) is 0 Å². The van der Waals surface area contributed by atoms with Gasteiger partial charge in [0.05, 0.1) is 11.3 Å². The number of benzene rings is 1. The molecule has 0 spiro atoms. The van der Waals surface area contributed by atoms with E-state index in [1.807, 2.05) is 20.8 Å². The number of aryl methyl sites for hydroxylation is 1. The lowest BCUT2D eigenvalue weighted by atomic mass is 10.1. The Bertz CT molecular complexity index is 992. The van der Waals surface area contributed by atoms with Crippen LogP contribution in [-0.4, -0.2) is 36.1 Å². The molecule has 158 valence electrons. The van der Waals surface area contributed by atoms with Crippen LogP contribution in [0.15, 0.2) is 24.4 Å². The average Bonchev–Trinajstić information content (AvgIpc) is 2.63. The van der Waals surface area contributed by atoms with E-state index in [-0.39, 0.29) is 29.1 Å². The first kappa shape index (κ1) is 22.4. The monoisotopic (exact) mass is 421 g/mol. The molecule has 1 heterocycles. The molecular weight excluding hydrogens is 394 g/mol. The summed E-state index contributed by atoms with van der Waals surface area (Å²) in [5, 5.41) is 6.23. The van der Waals surface area contributed by atoms with Crippen LogP contribution in [0.2, 0.25) is 0 Å². The van der Waals surface area contributed by atoms with Gasteiger partial charge in [-0.05, 0) is 50.5 Å². The normalized spacial score (nSPS) is 12.5. The van der Waals surface area contributed by atoms with E-state index in [0.29, 0.717) is 23.0 Å². The maximum Gasteiger partial charge on any atom is 0.308 e. The maximum absolute atomic E-state index is 11.7. The number of amides is 1. The molecule has 0 saturated carbocycles. The molecule has 10 heteroatoms. The van der Waals surface area contributed by atoms with Crippen molar-refractivity contribution in [2.75, 3.05) is 16.4 Å². The molecule has 0 radical (unpaired) electrons. The predicted molar refractivity (Wildman–Crippen MR) is 113 cm³/mol. The highest BCUT2D eigenvalue weighted by molar-refractivity contribution is 7.87. The smallest absolute Gasteiger partial charge is 0.308 e. The van der Waals surface area contributed by atoms with Crippen LogP contribution in [-0.2, 0) is 10.1 Å². The van der Waals surface area contributed by atoms with Crippen LogP contribution in [0, 0.1) is 12.8 Å². The number of hydrogen-bond acceptors (Lipinski definition) is 8. The molecule has 2 aromatic rings. The summed E-state index contributed by atoms with van der Waals surface area (Å²) in [7, 11) is -3.60. The van der Waals surface area contributed by atoms with Crippen LogP contribution in [0.5, 0.6) is 5.75 Å². The minimum atomic E-state index is -3.60. The fourth-order valence-corrected chi connectivity index (χ4v) is 2.84. The fraction of sp³-hybridized carbons (Fsp3) is 0.421. The van der Waals surface area contributed by atoms with Gasteiger partial charge in [-0.15, -0.1) is 0 Å². The molecule has 2 rings (SSSR count). The second-order valence-corrected chi connectivity index (χ2v) is 8.89. The van der Waals surface area contributed by atoms with Gasteiger partial charge in [0.15, 0.2) is 0 Å². The largest absolute Gasteiger partial charge is 0.382 e. The van der Waals surface area contributed by atoms with Gasteiger partial charge < -0.3 is 20.6 Å². The zero-order chi connectivity index (χ0) is 21.8. The van der Waals surface area contributed by atoms with Crippen molar-refractivity contribution in [2.24, 2.45) is 11.7 Å². The minimum Gasteiger partial charge on any atom is -0.382 e. The average molecular weight is 422 g/mol. The first-order chi connectivity index (χ1) is 13.5. The highest BCUT2D eigenvalue weighted by Crippen LogP contribution is 2.25. The molecule has 0 aliphatic heterocycles. The molecule has 0 bridgehead atoms. The van der Waals surface area contributed by atoms with Gasteiger partial charge in [-0.1, -0.05) is 13.8 Å². The molecule has 0 fully saturated rings. The second-order valence-electron chi connectivity index (χ2n) is 7.03. The van der Waals surface area contributed by atoms with E-state index in [9.17, 15) is 13.2 Å². The van der Waals surface area contributed by atoms with E-state index in [4.69, 9.17) is 9.92 Å². The van der Waals surface area contributed by atoms with Gasteiger partial charge in [0, 0.05) is 17.9 Å². The van der Waals surface area contributed by atoms with Crippen molar-refractivity contribution in [2.45, 2.75) is 40.7 Å². The SMILES string of the molecule is CCS(=O)(=O)Oc1ccc(Nc2ncc(C(N)=O)c(NC(C)C(C)C)n2)cc1C. The Morgan fingerprint density at radius 2 is 1.97 bits per heavy atom. The van der Waals surface area contributed by atoms with Gasteiger partial charge in [-0.3, -0.25) is 4.79 Å². The van der Waals surface area contributed by atoms with Crippen LogP contribution in [0.1, 0.15) is 43.6 Å². The number of rotatable bonds is 9. The molecular formula is C19H27N5O4S. The zero-order valence-electron chi connectivity index (χ0n) is 17.2. The minimum absolute atomic E-state index is 0.0649. The number of nitrogens with two attached hydrogens (primary N) is 1. The Morgan fingerprint density at radius 1 is 1.28 bits per heavy atom. The van der Waals surface area contributed by atoms with Crippen molar-refractivity contribution in [3.05, 3.63) is 35.5 Å². The molecule has 1 aromatic heterocycles. The standard InChI is InChI=1S/C19H27N5O4S/c1-6-29(26,27)28-16-8-7-14(9-12(16)4)23-19-21-10-15(17(20)25)18(24-19)22-13(5)11(2)3/h7-11,13H,6H2,1-5H3,(H2,20,25)(H2,21,22,23,24). The molecule has 4 N–H and O–H groups in total. The second kappa shape index (κ2) is 9.08. The summed E-state index contributed by atoms with van der Waals surface area (Å²) in [6.45, 7) is 9.33. The van der Waals surface area contributed by atoms with Crippen molar-refractivity contribution in [1.82, 2.24) is 9.97 Å². The first-order valence-electron chi connectivity index (χ1n) is 9.25. The molecule has 0 saturated heterocycles. The molecule has 9 nitrogen and oxygen atoms in total. The Kier molecular flexibility index (Phi) is 7.02. The number of carbonyl (C=O) groups is 1. The lowest BCUT2D eigenvalue weighted by Crippen LogP contribution is -2.25. The topological polar surface area (TPSA) is 136 Å². The van der Waals surface area contributed by atoms with E-state index in [1.165, 1.54) is 13.1 Å². The molecule has 1 amide bonds. The maximum atomic E-state index is 11.7. The molecule has 1 atom stereocenters. The summed E-state index contributed by atoms with van der Waals surface area (Å²) in [5.41, 5.74) is 6.90. The number of carbonyl (C=O) groups excluding carboxylic acids is 1. The first-order valence-corrected chi connectivity index (χ1v) is 10.8. The molecule has 0 aliphatic rings. The highest BCUT2D eigenvalue weighted by atomic mass is 32.2. The number of anilines is 3. The Balaban J connectivity index is 2.27. The summed E-state index contributed by atoms with van der Waals surface area (Å²) in [6.07, 6.45) is 1.37. The quantitative estimate of drug-likeness (QED) is 0.526. The van der Waals surface area contributed by atoms with Crippen LogP contribution in [0.4, 0.5) is 17.5 Å². The van der Waals surface area contributed by atoms with Crippen molar-refractivity contribution >= 4 is 33.5 Å². The lowest BCUT2D eigenvalue weighted by molar-refractivity contribution is 0.100. The summed E-state index contributed by atoms with van der Waals surface area (Å²) >= 11 is 0. The highest BCUT2D eigenvalue weighted by Gasteiger charge is 2.16. The number of nitrogens with zero attached hydrogens (tertiary/aromatic N) is 2. The molecule has 1 aromatic carbocycles. The third-order valence-corrected chi connectivity index (χ3v) is 5.56. The predicted octanol–water partition coefficient (Wildman–Crippen LogP) is 2.81. The van der Waals surface area contributed by atoms with Crippen LogP contribution in [0.25, 0.3) is 0 Å². The van der Waals surface area contributed by atoms with Crippen molar-refractivity contribution < 1.29 is 17.4 Å². The molecule has 0 aliphatic carbocycles. The summed E-state index contributed by atoms with van der Waals surface area (Å²) in [6, 6.07) is 5.00.